The predicted molar refractivity (Wildman–Crippen MR) is 79.0 cm³/mol. The molecule has 4 heteroatoms. The average molecular weight is 276 g/mol. The third-order valence-corrected chi connectivity index (χ3v) is 4.07. The SMILES string of the molecule is NC(CCC(=O)N(CCO)C1CCC1)c1ccccc1. The van der Waals surface area contributed by atoms with E-state index >= 15 is 0 Å². The van der Waals surface area contributed by atoms with Crippen molar-refractivity contribution in [3.05, 3.63) is 35.9 Å². The number of hydrogen-bond acceptors (Lipinski definition) is 3. The summed E-state index contributed by atoms with van der Waals surface area (Å²) in [6.07, 6.45) is 4.42. The zero-order valence-corrected chi connectivity index (χ0v) is 11.9. The fraction of sp³-hybridized carbons (Fsp3) is 0.562. The molecule has 1 aromatic rings. The Balaban J connectivity index is 1.83. The molecule has 1 atom stereocenters. The number of nitrogens with two attached hydrogens (primary N) is 1. The minimum atomic E-state index is -0.0995. The lowest BCUT2D eigenvalue weighted by atomic mass is 9.91. The lowest BCUT2D eigenvalue weighted by Crippen LogP contribution is -2.45. The van der Waals surface area contributed by atoms with Crippen LogP contribution in [0, 0.1) is 0 Å². The largest absolute Gasteiger partial charge is 0.395 e. The summed E-state index contributed by atoms with van der Waals surface area (Å²) in [6.45, 7) is 0.483. The van der Waals surface area contributed by atoms with Gasteiger partial charge in [0.1, 0.15) is 0 Å². The number of aliphatic hydroxyl groups excluding tert-OH is 1. The number of nitrogens with zero attached hydrogens (tertiary/aromatic N) is 1. The second-order valence-corrected chi connectivity index (χ2v) is 5.45. The van der Waals surface area contributed by atoms with E-state index in [1.807, 2.05) is 35.2 Å². The highest BCUT2D eigenvalue weighted by atomic mass is 16.3. The Bertz CT molecular complexity index is 418. The van der Waals surface area contributed by atoms with Gasteiger partial charge >= 0.3 is 0 Å². The van der Waals surface area contributed by atoms with E-state index in [1.54, 1.807) is 0 Å². The van der Waals surface area contributed by atoms with E-state index in [9.17, 15) is 4.79 Å². The van der Waals surface area contributed by atoms with Crippen LogP contribution in [0.5, 0.6) is 0 Å². The van der Waals surface area contributed by atoms with Crippen molar-refractivity contribution in [3.63, 3.8) is 0 Å². The van der Waals surface area contributed by atoms with E-state index in [-0.39, 0.29) is 18.6 Å². The van der Waals surface area contributed by atoms with Crippen molar-refractivity contribution >= 4 is 5.91 Å². The standard InChI is InChI=1S/C16H24N2O2/c17-15(13-5-2-1-3-6-13)9-10-16(20)18(11-12-19)14-7-4-8-14/h1-3,5-6,14-15,19H,4,7-12,17H2. The molecule has 0 aliphatic heterocycles. The topological polar surface area (TPSA) is 66.6 Å². The van der Waals surface area contributed by atoms with Crippen LogP contribution >= 0.6 is 0 Å². The van der Waals surface area contributed by atoms with Gasteiger partial charge in [-0.25, -0.2) is 0 Å². The molecule has 0 heterocycles. The van der Waals surface area contributed by atoms with Gasteiger partial charge in [-0.05, 0) is 31.2 Å². The number of hydrogen-bond donors (Lipinski definition) is 2. The highest BCUT2D eigenvalue weighted by Gasteiger charge is 2.28. The molecule has 2 rings (SSSR count). The summed E-state index contributed by atoms with van der Waals surface area (Å²) in [4.78, 5) is 14.1. The summed E-state index contributed by atoms with van der Waals surface area (Å²) in [6, 6.07) is 10.1. The van der Waals surface area contributed by atoms with Crippen molar-refractivity contribution in [2.75, 3.05) is 13.2 Å². The summed E-state index contributed by atoms with van der Waals surface area (Å²) in [5, 5.41) is 9.09. The van der Waals surface area contributed by atoms with Crippen LogP contribution in [0.3, 0.4) is 0 Å². The van der Waals surface area contributed by atoms with Crippen LogP contribution in [0.25, 0.3) is 0 Å². The zero-order chi connectivity index (χ0) is 14.4. The van der Waals surface area contributed by atoms with Crippen molar-refractivity contribution in [2.45, 2.75) is 44.2 Å². The summed E-state index contributed by atoms with van der Waals surface area (Å²) in [7, 11) is 0. The summed E-state index contributed by atoms with van der Waals surface area (Å²) in [5.74, 6) is 0.120. The van der Waals surface area contributed by atoms with Crippen molar-refractivity contribution in [1.82, 2.24) is 4.90 Å². The van der Waals surface area contributed by atoms with E-state index < -0.39 is 0 Å². The molecule has 20 heavy (non-hydrogen) atoms. The number of aliphatic hydroxyl groups is 1. The van der Waals surface area contributed by atoms with Crippen LogP contribution in [-0.4, -0.2) is 35.1 Å². The molecular formula is C16H24N2O2. The molecule has 110 valence electrons. The van der Waals surface area contributed by atoms with Gasteiger partial charge in [0.05, 0.1) is 6.61 Å². The summed E-state index contributed by atoms with van der Waals surface area (Å²) in [5.41, 5.74) is 7.19. The van der Waals surface area contributed by atoms with Crippen LogP contribution in [0.2, 0.25) is 0 Å². The van der Waals surface area contributed by atoms with Gasteiger partial charge < -0.3 is 15.7 Å². The van der Waals surface area contributed by atoms with Gasteiger partial charge in [-0.15, -0.1) is 0 Å². The van der Waals surface area contributed by atoms with E-state index in [1.165, 1.54) is 6.42 Å². The Labute approximate surface area is 120 Å². The fourth-order valence-corrected chi connectivity index (χ4v) is 2.61. The van der Waals surface area contributed by atoms with Crippen molar-refractivity contribution in [2.24, 2.45) is 5.73 Å². The highest BCUT2D eigenvalue weighted by molar-refractivity contribution is 5.76. The monoisotopic (exact) mass is 276 g/mol. The molecule has 0 saturated heterocycles. The van der Waals surface area contributed by atoms with Gasteiger partial charge in [0.25, 0.3) is 0 Å². The van der Waals surface area contributed by atoms with Gasteiger partial charge in [0, 0.05) is 25.0 Å². The average Bonchev–Trinajstić information content (AvgIpc) is 2.43. The summed E-state index contributed by atoms with van der Waals surface area (Å²) >= 11 is 0. The van der Waals surface area contributed by atoms with Crippen LogP contribution in [-0.2, 0) is 4.79 Å². The van der Waals surface area contributed by atoms with Crippen molar-refractivity contribution < 1.29 is 9.90 Å². The Morgan fingerprint density at radius 2 is 2.05 bits per heavy atom. The second kappa shape index (κ2) is 7.41. The number of carbonyl (C=O) groups excluding carboxylic acids is 1. The Hall–Kier alpha value is -1.39. The molecule has 1 unspecified atom stereocenters. The van der Waals surface area contributed by atoms with Crippen LogP contribution in [0.15, 0.2) is 30.3 Å². The maximum absolute atomic E-state index is 12.3. The van der Waals surface area contributed by atoms with Gasteiger partial charge in [-0.1, -0.05) is 30.3 Å². The molecule has 1 aromatic carbocycles. The lowest BCUT2D eigenvalue weighted by molar-refractivity contribution is -0.136. The molecule has 1 fully saturated rings. The minimum absolute atomic E-state index is 0.0347. The zero-order valence-electron chi connectivity index (χ0n) is 11.9. The van der Waals surface area contributed by atoms with E-state index in [0.717, 1.165) is 18.4 Å². The van der Waals surface area contributed by atoms with Gasteiger partial charge in [0.2, 0.25) is 5.91 Å². The molecule has 1 saturated carbocycles. The highest BCUT2D eigenvalue weighted by Crippen LogP contribution is 2.26. The van der Waals surface area contributed by atoms with Crippen molar-refractivity contribution in [1.29, 1.82) is 0 Å². The molecular weight excluding hydrogens is 252 g/mol. The molecule has 0 radical (unpaired) electrons. The fourth-order valence-electron chi connectivity index (χ4n) is 2.61. The molecule has 1 amide bonds. The first-order chi connectivity index (χ1) is 9.72. The molecule has 1 aliphatic carbocycles. The number of benzene rings is 1. The predicted octanol–water partition coefficient (Wildman–Crippen LogP) is 1.84. The molecule has 1 aliphatic rings. The summed E-state index contributed by atoms with van der Waals surface area (Å²) < 4.78 is 0. The first-order valence-electron chi connectivity index (χ1n) is 7.43. The number of carbonyl (C=O) groups is 1. The van der Waals surface area contributed by atoms with Gasteiger partial charge in [0.15, 0.2) is 0 Å². The Morgan fingerprint density at radius 1 is 1.35 bits per heavy atom. The number of rotatable bonds is 7. The second-order valence-electron chi connectivity index (χ2n) is 5.45. The van der Waals surface area contributed by atoms with E-state index in [0.29, 0.717) is 25.4 Å². The molecule has 0 spiro atoms. The first kappa shape index (κ1) is 15.0. The van der Waals surface area contributed by atoms with E-state index in [2.05, 4.69) is 0 Å². The molecule has 4 nitrogen and oxygen atoms in total. The first-order valence-corrected chi connectivity index (χ1v) is 7.43. The van der Waals surface area contributed by atoms with E-state index in [4.69, 9.17) is 10.8 Å². The van der Waals surface area contributed by atoms with Crippen LogP contribution in [0.1, 0.15) is 43.7 Å². The number of amides is 1. The van der Waals surface area contributed by atoms with Gasteiger partial charge in [-0.2, -0.15) is 0 Å². The quantitative estimate of drug-likeness (QED) is 0.798. The maximum atomic E-state index is 12.3. The van der Waals surface area contributed by atoms with Gasteiger partial charge in [-0.3, -0.25) is 4.79 Å². The Kier molecular flexibility index (Phi) is 5.56. The van der Waals surface area contributed by atoms with Crippen molar-refractivity contribution in [3.8, 4) is 0 Å². The Morgan fingerprint density at radius 3 is 2.60 bits per heavy atom. The normalized spacial score (nSPS) is 16.5. The molecule has 3 N–H and O–H groups in total. The van der Waals surface area contributed by atoms with Crippen LogP contribution in [0.4, 0.5) is 0 Å². The molecule has 0 aromatic heterocycles. The lowest BCUT2D eigenvalue weighted by Gasteiger charge is -2.37. The smallest absolute Gasteiger partial charge is 0.222 e. The van der Waals surface area contributed by atoms with Crippen LogP contribution < -0.4 is 5.73 Å². The maximum Gasteiger partial charge on any atom is 0.222 e. The minimum Gasteiger partial charge on any atom is -0.395 e. The molecule has 0 bridgehead atoms. The third kappa shape index (κ3) is 3.81. The third-order valence-electron chi connectivity index (χ3n) is 4.07.